The third kappa shape index (κ3) is 9.09. The molecule has 1 aromatic carbocycles. The van der Waals surface area contributed by atoms with Gasteiger partial charge >= 0.3 is 0 Å². The highest BCUT2D eigenvalue weighted by atomic mass is 16.8. The smallest absolute Gasteiger partial charge is 0.252 e. The highest BCUT2D eigenvalue weighted by Crippen LogP contribution is 2.44. The molecule has 0 unspecified atom stereocenters. The van der Waals surface area contributed by atoms with Crippen LogP contribution in [0.15, 0.2) is 43.0 Å². The summed E-state index contributed by atoms with van der Waals surface area (Å²) >= 11 is 0. The van der Waals surface area contributed by atoms with Gasteiger partial charge in [-0.2, -0.15) is 0 Å². The maximum atomic E-state index is 13.4. The van der Waals surface area contributed by atoms with Crippen LogP contribution in [-0.4, -0.2) is 119 Å². The van der Waals surface area contributed by atoms with Crippen LogP contribution in [0.3, 0.4) is 0 Å². The molecule has 0 radical (unpaired) electrons. The molecule has 15 heteroatoms. The van der Waals surface area contributed by atoms with Crippen molar-refractivity contribution in [1.29, 1.82) is 0 Å². The van der Waals surface area contributed by atoms with Crippen LogP contribution in [0.2, 0.25) is 0 Å². The third-order valence-corrected chi connectivity index (χ3v) is 9.02. The lowest BCUT2D eigenvalue weighted by atomic mass is 10.1. The van der Waals surface area contributed by atoms with E-state index in [0.29, 0.717) is 49.6 Å². The van der Waals surface area contributed by atoms with E-state index < -0.39 is 30.3 Å². The molecular formula is C34H50N10O5. The second-order valence-electron chi connectivity index (χ2n) is 13.1. The SMILES string of the molecule is CC1(C)O[C@@H]2[C@H](O1)[C@@H](C(=O)NCCCCCC(=O)N1CCNCCNCCNCC1)O[C@H]2n1cnc2c(NCc3ccccc3)ncnc21. The molecule has 0 saturated carbocycles. The molecule has 3 aliphatic heterocycles. The first-order valence-electron chi connectivity index (χ1n) is 17.5. The molecule has 0 spiro atoms. The third-order valence-electron chi connectivity index (χ3n) is 9.02. The molecule has 3 fully saturated rings. The summed E-state index contributed by atoms with van der Waals surface area (Å²) in [6, 6.07) is 10.0. The van der Waals surface area contributed by atoms with E-state index >= 15 is 0 Å². The van der Waals surface area contributed by atoms with Crippen LogP contribution in [0, 0.1) is 0 Å². The van der Waals surface area contributed by atoms with Crippen LogP contribution in [0.1, 0.15) is 51.3 Å². The zero-order valence-electron chi connectivity index (χ0n) is 28.5. The summed E-state index contributed by atoms with van der Waals surface area (Å²) in [4.78, 5) is 41.9. The van der Waals surface area contributed by atoms with E-state index in [1.54, 1.807) is 10.9 Å². The molecule has 0 aliphatic carbocycles. The summed E-state index contributed by atoms with van der Waals surface area (Å²) in [6.07, 6.45) is 3.29. The number of aromatic nitrogens is 4. The van der Waals surface area contributed by atoms with Gasteiger partial charge in [-0.1, -0.05) is 36.8 Å². The molecule has 2 aromatic heterocycles. The number of hydrogen-bond acceptors (Lipinski definition) is 12. The van der Waals surface area contributed by atoms with Crippen molar-refractivity contribution < 1.29 is 23.8 Å². The molecule has 5 N–H and O–H groups in total. The van der Waals surface area contributed by atoms with Crippen molar-refractivity contribution in [2.24, 2.45) is 0 Å². The number of rotatable bonds is 11. The van der Waals surface area contributed by atoms with E-state index in [9.17, 15) is 9.59 Å². The normalized spacial score (nSPS) is 24.6. The minimum absolute atomic E-state index is 0.177. The molecule has 3 aliphatic rings. The first-order chi connectivity index (χ1) is 23.9. The zero-order valence-corrected chi connectivity index (χ0v) is 28.5. The predicted octanol–water partition coefficient (Wildman–Crippen LogP) is 1.14. The molecule has 3 saturated heterocycles. The number of benzene rings is 1. The number of nitrogens with zero attached hydrogens (tertiary/aromatic N) is 5. The molecule has 6 rings (SSSR count). The average Bonchev–Trinajstić information content (AvgIpc) is 3.76. The van der Waals surface area contributed by atoms with Gasteiger partial charge < -0.3 is 45.7 Å². The maximum absolute atomic E-state index is 13.4. The van der Waals surface area contributed by atoms with E-state index in [1.165, 1.54) is 6.33 Å². The average molecular weight is 679 g/mol. The topological polar surface area (TPSA) is 169 Å². The number of carbonyl (C=O) groups excluding carboxylic acids is 2. The Hall–Kier alpha value is -3.73. The number of anilines is 1. The van der Waals surface area contributed by atoms with Crippen molar-refractivity contribution in [1.82, 2.24) is 45.7 Å². The van der Waals surface area contributed by atoms with Crippen molar-refractivity contribution in [3.05, 3.63) is 48.5 Å². The lowest BCUT2D eigenvalue weighted by molar-refractivity contribution is -0.197. The van der Waals surface area contributed by atoms with E-state index in [1.807, 2.05) is 49.1 Å². The summed E-state index contributed by atoms with van der Waals surface area (Å²) < 4.78 is 20.6. The molecule has 49 heavy (non-hydrogen) atoms. The van der Waals surface area contributed by atoms with E-state index in [4.69, 9.17) is 14.2 Å². The van der Waals surface area contributed by atoms with Gasteiger partial charge in [0.2, 0.25) is 5.91 Å². The van der Waals surface area contributed by atoms with Crippen LogP contribution in [-0.2, 0) is 30.3 Å². The second kappa shape index (κ2) is 16.8. The quantitative estimate of drug-likeness (QED) is 0.184. The Morgan fingerprint density at radius 3 is 2.37 bits per heavy atom. The first-order valence-corrected chi connectivity index (χ1v) is 17.5. The first kappa shape index (κ1) is 35.1. The molecular weight excluding hydrogens is 628 g/mol. The predicted molar refractivity (Wildman–Crippen MR) is 183 cm³/mol. The summed E-state index contributed by atoms with van der Waals surface area (Å²) in [7, 11) is 0. The van der Waals surface area contributed by atoms with E-state index in [2.05, 4.69) is 41.5 Å². The Kier molecular flexibility index (Phi) is 12.0. The van der Waals surface area contributed by atoms with Gasteiger partial charge in [-0.25, -0.2) is 15.0 Å². The van der Waals surface area contributed by atoms with Gasteiger partial charge in [0.15, 0.2) is 35.1 Å². The fourth-order valence-corrected chi connectivity index (χ4v) is 6.53. The number of unbranched alkanes of at least 4 members (excludes halogenated alkanes) is 2. The largest absolute Gasteiger partial charge is 0.364 e. The Balaban J connectivity index is 1.000. The zero-order chi connectivity index (χ0) is 34.1. The summed E-state index contributed by atoms with van der Waals surface area (Å²) in [5.41, 5.74) is 2.28. The number of carbonyl (C=O) groups is 2. The summed E-state index contributed by atoms with van der Waals surface area (Å²) in [5, 5.41) is 16.6. The minimum atomic E-state index is -0.886. The molecule has 2 amide bonds. The van der Waals surface area contributed by atoms with Gasteiger partial charge in [-0.05, 0) is 32.3 Å². The van der Waals surface area contributed by atoms with Gasteiger partial charge in [0, 0.05) is 71.9 Å². The second-order valence-corrected chi connectivity index (χ2v) is 13.1. The molecule has 5 heterocycles. The van der Waals surface area contributed by atoms with Crippen LogP contribution < -0.4 is 26.6 Å². The van der Waals surface area contributed by atoms with Crippen LogP contribution in [0.25, 0.3) is 11.2 Å². The number of amides is 2. The van der Waals surface area contributed by atoms with Gasteiger partial charge in [0.1, 0.15) is 18.5 Å². The van der Waals surface area contributed by atoms with Crippen molar-refractivity contribution in [3.63, 3.8) is 0 Å². The van der Waals surface area contributed by atoms with Crippen molar-refractivity contribution in [3.8, 4) is 0 Å². The van der Waals surface area contributed by atoms with Gasteiger partial charge in [-0.3, -0.25) is 14.2 Å². The van der Waals surface area contributed by atoms with E-state index in [-0.39, 0.29) is 11.8 Å². The standard InChI is InChI=1S/C34H50N10O5/c1-34(2)48-27-28(32(46)38-12-8-4-7-11-25(45)43-19-17-36-15-13-35-14-16-37-18-20-43)47-33(29(27)49-34)44-23-42-26-30(40-22-41-31(26)44)39-21-24-9-5-3-6-10-24/h3,5-6,9-10,22-23,27-29,33,35-37H,4,7-8,11-21H2,1-2H3,(H,38,46)(H,39,40,41)/t27-,28+,29-,33-/m1/s1. The Morgan fingerprint density at radius 1 is 0.898 bits per heavy atom. The lowest BCUT2D eigenvalue weighted by Gasteiger charge is -2.24. The van der Waals surface area contributed by atoms with Crippen LogP contribution in [0.5, 0.6) is 0 Å². The Morgan fingerprint density at radius 2 is 1.61 bits per heavy atom. The van der Waals surface area contributed by atoms with Crippen molar-refractivity contribution in [2.45, 2.75) is 76.4 Å². The number of fused-ring (bicyclic) bond motifs is 2. The monoisotopic (exact) mass is 678 g/mol. The summed E-state index contributed by atoms with van der Waals surface area (Å²) in [6.45, 7) is 11.3. The van der Waals surface area contributed by atoms with Crippen molar-refractivity contribution >= 4 is 28.8 Å². The number of imidazole rings is 1. The van der Waals surface area contributed by atoms with Crippen LogP contribution >= 0.6 is 0 Å². The number of ether oxygens (including phenoxy) is 3. The fraction of sp³-hybridized carbons (Fsp3) is 0.618. The number of hydrogen-bond donors (Lipinski definition) is 5. The molecule has 0 bridgehead atoms. The molecule has 15 nitrogen and oxygen atoms in total. The van der Waals surface area contributed by atoms with Crippen molar-refractivity contribution in [2.75, 3.05) is 64.2 Å². The van der Waals surface area contributed by atoms with E-state index in [0.717, 1.165) is 64.1 Å². The molecule has 3 aromatic rings. The van der Waals surface area contributed by atoms with Gasteiger partial charge in [0.05, 0.1) is 6.33 Å². The highest BCUT2D eigenvalue weighted by molar-refractivity contribution is 5.83. The number of nitrogens with one attached hydrogen (secondary N) is 5. The highest BCUT2D eigenvalue weighted by Gasteiger charge is 2.58. The minimum Gasteiger partial charge on any atom is -0.364 e. The Bertz CT molecular complexity index is 1510. The molecule has 4 atom stereocenters. The maximum Gasteiger partial charge on any atom is 0.252 e. The van der Waals surface area contributed by atoms with Gasteiger partial charge in [0.25, 0.3) is 5.91 Å². The fourth-order valence-electron chi connectivity index (χ4n) is 6.53. The molecule has 266 valence electrons. The Labute approximate surface area is 287 Å². The lowest BCUT2D eigenvalue weighted by Crippen LogP contribution is -2.44. The van der Waals surface area contributed by atoms with Gasteiger partial charge in [-0.15, -0.1) is 0 Å². The van der Waals surface area contributed by atoms with Crippen LogP contribution in [0.4, 0.5) is 5.82 Å². The summed E-state index contributed by atoms with van der Waals surface area (Å²) in [5.74, 6) is -0.360.